The summed E-state index contributed by atoms with van der Waals surface area (Å²) in [6, 6.07) is 39.3. The number of hydrogen-bond acceptors (Lipinski definition) is 3. The van der Waals surface area contributed by atoms with Crippen LogP contribution in [0.3, 0.4) is 0 Å². The Balaban J connectivity index is 1.42. The SMILES string of the molecule is [C-]#[N+]c1ccc(-c2ccc(-c3nc(C)nc(C)n3)cc2-n2c3ccc(C)cc3c3cc(C)ccc32)c(-n2c3ccc(C)cc3c3cc(C)ccc32)c1. The molecule has 9 aromatic rings. The first-order chi connectivity index (χ1) is 25.2. The van der Waals surface area contributed by atoms with E-state index in [9.17, 15) is 0 Å². The minimum Gasteiger partial charge on any atom is -0.310 e. The summed E-state index contributed by atoms with van der Waals surface area (Å²) >= 11 is 0. The molecule has 3 aromatic heterocycles. The lowest BCUT2D eigenvalue weighted by Gasteiger charge is -2.20. The molecule has 0 bridgehead atoms. The summed E-state index contributed by atoms with van der Waals surface area (Å²) in [6.07, 6.45) is 0. The third-order valence-corrected chi connectivity index (χ3v) is 10.1. The second-order valence-electron chi connectivity index (χ2n) is 14.1. The summed E-state index contributed by atoms with van der Waals surface area (Å²) in [5.41, 5.74) is 14.8. The van der Waals surface area contributed by atoms with Crippen molar-refractivity contribution in [2.24, 2.45) is 0 Å². The normalized spacial score (nSPS) is 11.6. The number of nitrogens with zero attached hydrogens (tertiary/aromatic N) is 6. The third kappa shape index (κ3) is 4.97. The van der Waals surface area contributed by atoms with Gasteiger partial charge in [0.25, 0.3) is 0 Å². The first-order valence-electron chi connectivity index (χ1n) is 17.6. The van der Waals surface area contributed by atoms with Crippen LogP contribution in [0.1, 0.15) is 33.9 Å². The summed E-state index contributed by atoms with van der Waals surface area (Å²) in [6.45, 7) is 20.4. The zero-order chi connectivity index (χ0) is 35.8. The zero-order valence-corrected chi connectivity index (χ0v) is 30.1. The van der Waals surface area contributed by atoms with Gasteiger partial charge in [0.15, 0.2) is 11.5 Å². The fraction of sp³-hybridized carbons (Fsp3) is 0.130. The maximum Gasteiger partial charge on any atom is 0.189 e. The molecule has 0 aliphatic carbocycles. The minimum atomic E-state index is 0.588. The van der Waals surface area contributed by atoms with E-state index in [0.717, 1.165) is 50.1 Å². The van der Waals surface area contributed by atoms with Gasteiger partial charge in [-0.25, -0.2) is 19.8 Å². The third-order valence-electron chi connectivity index (χ3n) is 10.1. The van der Waals surface area contributed by atoms with E-state index >= 15 is 0 Å². The number of fused-ring (bicyclic) bond motifs is 6. The van der Waals surface area contributed by atoms with Gasteiger partial charge in [-0.05, 0) is 102 Å². The van der Waals surface area contributed by atoms with Crippen LogP contribution in [0.5, 0.6) is 0 Å². The highest BCUT2D eigenvalue weighted by Gasteiger charge is 2.22. The fourth-order valence-corrected chi connectivity index (χ4v) is 7.85. The Kier molecular flexibility index (Phi) is 7.10. The zero-order valence-electron chi connectivity index (χ0n) is 30.1. The molecule has 0 saturated heterocycles. The highest BCUT2D eigenvalue weighted by molar-refractivity contribution is 6.12. The van der Waals surface area contributed by atoms with E-state index in [-0.39, 0.29) is 0 Å². The molecule has 9 rings (SSSR count). The topological polar surface area (TPSA) is 52.9 Å². The summed E-state index contributed by atoms with van der Waals surface area (Å²) in [4.78, 5) is 17.9. The van der Waals surface area contributed by atoms with Gasteiger partial charge in [-0.2, -0.15) is 0 Å². The molecule has 250 valence electrons. The van der Waals surface area contributed by atoms with Gasteiger partial charge in [0, 0.05) is 43.9 Å². The summed E-state index contributed by atoms with van der Waals surface area (Å²) in [5, 5.41) is 4.81. The lowest BCUT2D eigenvalue weighted by atomic mass is 9.98. The van der Waals surface area contributed by atoms with E-state index in [1.165, 1.54) is 43.8 Å². The van der Waals surface area contributed by atoms with Crippen molar-refractivity contribution >= 4 is 49.3 Å². The molecule has 0 atom stereocenters. The first-order valence-corrected chi connectivity index (χ1v) is 17.6. The van der Waals surface area contributed by atoms with E-state index in [1.54, 1.807) is 0 Å². The molecule has 0 radical (unpaired) electrons. The van der Waals surface area contributed by atoms with E-state index in [1.807, 2.05) is 26.0 Å². The van der Waals surface area contributed by atoms with Crippen molar-refractivity contribution in [2.75, 3.05) is 0 Å². The first kappa shape index (κ1) is 31.4. The molecule has 6 nitrogen and oxygen atoms in total. The van der Waals surface area contributed by atoms with Crippen LogP contribution in [0.25, 0.3) is 82.3 Å². The van der Waals surface area contributed by atoms with E-state index in [0.29, 0.717) is 23.2 Å². The van der Waals surface area contributed by atoms with Crippen LogP contribution < -0.4 is 0 Å². The smallest absolute Gasteiger partial charge is 0.189 e. The standard InChI is InChI=1S/C46H36N6/c1-26-8-16-40-36(20-26)37-21-27(2)9-17-41(37)51(40)44-24-32(46-49-30(5)48-31(6)50-46)12-14-34(44)35-15-13-33(47-7)25-45(35)52-42-18-10-28(3)22-38(42)39-23-29(4)11-19-43(39)52/h8-25H,1-6H3. The highest BCUT2D eigenvalue weighted by atomic mass is 15.0. The van der Waals surface area contributed by atoms with Crippen molar-refractivity contribution in [1.29, 1.82) is 0 Å². The van der Waals surface area contributed by atoms with Crippen LogP contribution in [-0.2, 0) is 0 Å². The molecule has 0 N–H and O–H groups in total. The van der Waals surface area contributed by atoms with Crippen LogP contribution in [0.4, 0.5) is 5.69 Å². The Hall–Kier alpha value is -6.58. The maximum atomic E-state index is 8.04. The van der Waals surface area contributed by atoms with Gasteiger partial charge in [-0.1, -0.05) is 70.8 Å². The minimum absolute atomic E-state index is 0.588. The number of hydrogen-bond donors (Lipinski definition) is 0. The molecule has 0 aliphatic heterocycles. The molecule has 6 heteroatoms. The molecule has 0 fully saturated rings. The Bertz CT molecular complexity index is 2850. The van der Waals surface area contributed by atoms with Crippen LogP contribution in [-0.4, -0.2) is 24.1 Å². The van der Waals surface area contributed by atoms with E-state index < -0.39 is 0 Å². The fourth-order valence-electron chi connectivity index (χ4n) is 7.85. The largest absolute Gasteiger partial charge is 0.310 e. The molecule has 0 unspecified atom stereocenters. The molecule has 6 aromatic carbocycles. The summed E-state index contributed by atoms with van der Waals surface area (Å²) in [5.74, 6) is 2.01. The second-order valence-corrected chi connectivity index (χ2v) is 14.1. The van der Waals surface area contributed by atoms with Crippen LogP contribution in [0, 0.1) is 48.1 Å². The van der Waals surface area contributed by atoms with Gasteiger partial charge in [0.05, 0.1) is 34.3 Å². The maximum absolute atomic E-state index is 8.04. The Morgan fingerprint density at radius 2 is 0.846 bits per heavy atom. The monoisotopic (exact) mass is 672 g/mol. The van der Waals surface area contributed by atoms with Gasteiger partial charge >= 0.3 is 0 Å². The lowest BCUT2D eigenvalue weighted by molar-refractivity contribution is 0.928. The highest BCUT2D eigenvalue weighted by Crippen LogP contribution is 2.43. The van der Waals surface area contributed by atoms with Crippen molar-refractivity contribution in [3.05, 3.63) is 155 Å². The van der Waals surface area contributed by atoms with E-state index in [4.69, 9.17) is 16.5 Å². The van der Waals surface area contributed by atoms with Crippen LogP contribution in [0.2, 0.25) is 0 Å². The summed E-state index contributed by atoms with van der Waals surface area (Å²) < 4.78 is 4.72. The molecule has 0 amide bonds. The average molecular weight is 673 g/mol. The number of rotatable bonds is 4. The van der Waals surface area contributed by atoms with Crippen molar-refractivity contribution in [1.82, 2.24) is 24.1 Å². The second kappa shape index (κ2) is 11.8. The molecular formula is C46H36N6. The molecular weight excluding hydrogens is 637 g/mol. The predicted molar refractivity (Wildman–Crippen MR) is 214 cm³/mol. The lowest BCUT2D eigenvalue weighted by Crippen LogP contribution is -2.03. The van der Waals surface area contributed by atoms with Gasteiger partial charge in [-0.15, -0.1) is 0 Å². The van der Waals surface area contributed by atoms with Crippen LogP contribution >= 0.6 is 0 Å². The average Bonchev–Trinajstić information content (AvgIpc) is 3.61. The molecule has 0 spiro atoms. The van der Waals surface area contributed by atoms with Gasteiger partial charge < -0.3 is 9.13 Å². The number of aromatic nitrogens is 5. The van der Waals surface area contributed by atoms with Crippen molar-refractivity contribution in [3.8, 4) is 33.9 Å². The quantitative estimate of drug-likeness (QED) is 0.175. The number of aryl methyl sites for hydroxylation is 6. The van der Waals surface area contributed by atoms with Gasteiger partial charge in [0.1, 0.15) is 11.6 Å². The molecule has 52 heavy (non-hydrogen) atoms. The molecule has 3 heterocycles. The van der Waals surface area contributed by atoms with Crippen molar-refractivity contribution < 1.29 is 0 Å². The van der Waals surface area contributed by atoms with Gasteiger partial charge in [0.2, 0.25) is 0 Å². The van der Waals surface area contributed by atoms with Crippen molar-refractivity contribution in [2.45, 2.75) is 41.5 Å². The molecule has 0 aliphatic rings. The Labute approximate surface area is 302 Å². The predicted octanol–water partition coefficient (Wildman–Crippen LogP) is 11.8. The van der Waals surface area contributed by atoms with E-state index in [2.05, 4.69) is 144 Å². The van der Waals surface area contributed by atoms with Crippen molar-refractivity contribution in [3.63, 3.8) is 0 Å². The Morgan fingerprint density at radius 3 is 1.27 bits per heavy atom. The number of benzene rings is 6. The molecule has 0 saturated carbocycles. The Morgan fingerprint density at radius 1 is 0.442 bits per heavy atom. The summed E-state index contributed by atoms with van der Waals surface area (Å²) in [7, 11) is 0. The van der Waals surface area contributed by atoms with Gasteiger partial charge in [-0.3, -0.25) is 0 Å². The van der Waals surface area contributed by atoms with Crippen LogP contribution in [0.15, 0.2) is 109 Å².